The highest BCUT2D eigenvalue weighted by molar-refractivity contribution is 7.89. The quantitative estimate of drug-likeness (QED) is 0.798. The third kappa shape index (κ3) is 4.76. The van der Waals surface area contributed by atoms with E-state index in [1.165, 1.54) is 22.5 Å². The molecule has 0 radical (unpaired) electrons. The minimum atomic E-state index is -3.68. The number of amides is 1. The van der Waals surface area contributed by atoms with E-state index in [4.69, 9.17) is 4.74 Å². The average Bonchev–Trinajstić information content (AvgIpc) is 2.70. The highest BCUT2D eigenvalue weighted by atomic mass is 32.2. The van der Waals surface area contributed by atoms with Crippen LogP contribution in [0.5, 0.6) is 0 Å². The standard InChI is InChI=1S/C20H23FN2O4S/c1-15(13-16-5-2-3-8-19(16)21)22-20(24)17-6-4-7-18(14-17)28(25,26)23-9-11-27-12-10-23/h2-8,14-15H,9-13H2,1H3,(H,22,24). The molecule has 1 aliphatic heterocycles. The lowest BCUT2D eigenvalue weighted by Crippen LogP contribution is -2.40. The third-order valence-electron chi connectivity index (χ3n) is 4.57. The van der Waals surface area contributed by atoms with Gasteiger partial charge in [-0.05, 0) is 43.2 Å². The van der Waals surface area contributed by atoms with Crippen LogP contribution in [0.2, 0.25) is 0 Å². The van der Waals surface area contributed by atoms with E-state index in [9.17, 15) is 17.6 Å². The van der Waals surface area contributed by atoms with Gasteiger partial charge in [0.2, 0.25) is 10.0 Å². The number of hydrogen-bond donors (Lipinski definition) is 1. The van der Waals surface area contributed by atoms with Crippen molar-refractivity contribution < 1.29 is 22.3 Å². The normalized spacial score (nSPS) is 16.5. The molecule has 28 heavy (non-hydrogen) atoms. The summed E-state index contributed by atoms with van der Waals surface area (Å²) in [6, 6.07) is 12.0. The maximum atomic E-state index is 13.8. The molecule has 2 aromatic carbocycles. The van der Waals surface area contributed by atoms with Crippen LogP contribution in [0.15, 0.2) is 53.4 Å². The number of sulfonamides is 1. The number of halogens is 1. The molecule has 1 amide bonds. The van der Waals surface area contributed by atoms with Crippen LogP contribution in [0.1, 0.15) is 22.8 Å². The van der Waals surface area contributed by atoms with Gasteiger partial charge >= 0.3 is 0 Å². The van der Waals surface area contributed by atoms with Crippen molar-refractivity contribution >= 4 is 15.9 Å². The summed E-state index contributed by atoms with van der Waals surface area (Å²) >= 11 is 0. The van der Waals surface area contributed by atoms with E-state index in [2.05, 4.69) is 5.32 Å². The Hall–Kier alpha value is -2.29. The SMILES string of the molecule is CC(Cc1ccccc1F)NC(=O)c1cccc(S(=O)(=O)N2CCOCC2)c1. The number of hydrogen-bond acceptors (Lipinski definition) is 4. The molecule has 1 aliphatic rings. The molecule has 1 heterocycles. The molecule has 150 valence electrons. The van der Waals surface area contributed by atoms with Gasteiger partial charge in [0, 0.05) is 24.7 Å². The van der Waals surface area contributed by atoms with Crippen molar-refractivity contribution in [1.82, 2.24) is 9.62 Å². The second-order valence-electron chi connectivity index (χ2n) is 6.71. The summed E-state index contributed by atoms with van der Waals surface area (Å²) < 4.78 is 45.9. The second kappa shape index (κ2) is 8.81. The Bertz CT molecular complexity index is 943. The molecule has 0 spiro atoms. The maximum absolute atomic E-state index is 13.8. The van der Waals surface area contributed by atoms with Gasteiger partial charge in [0.15, 0.2) is 0 Å². The van der Waals surface area contributed by atoms with Gasteiger partial charge in [0.25, 0.3) is 5.91 Å². The minimum absolute atomic E-state index is 0.0730. The van der Waals surface area contributed by atoms with Crippen LogP contribution in [-0.4, -0.2) is 51.0 Å². The van der Waals surface area contributed by atoms with Crippen molar-refractivity contribution in [2.75, 3.05) is 26.3 Å². The summed E-state index contributed by atoms with van der Waals surface area (Å²) in [5.74, 6) is -0.718. The summed E-state index contributed by atoms with van der Waals surface area (Å²) in [5.41, 5.74) is 0.758. The topological polar surface area (TPSA) is 75.7 Å². The summed E-state index contributed by atoms with van der Waals surface area (Å²) in [5, 5.41) is 2.80. The maximum Gasteiger partial charge on any atom is 0.251 e. The van der Waals surface area contributed by atoms with Crippen molar-refractivity contribution in [2.45, 2.75) is 24.3 Å². The lowest BCUT2D eigenvalue weighted by molar-refractivity contribution is 0.0730. The first-order valence-corrected chi connectivity index (χ1v) is 10.5. The summed E-state index contributed by atoms with van der Waals surface area (Å²) in [6.07, 6.45) is 0.337. The van der Waals surface area contributed by atoms with Crippen molar-refractivity contribution in [3.05, 3.63) is 65.5 Å². The van der Waals surface area contributed by atoms with Crippen LogP contribution in [0.25, 0.3) is 0 Å². The fourth-order valence-electron chi connectivity index (χ4n) is 3.09. The molecule has 2 aromatic rings. The Balaban J connectivity index is 1.70. The smallest absolute Gasteiger partial charge is 0.251 e. The lowest BCUT2D eigenvalue weighted by atomic mass is 10.1. The Morgan fingerprint density at radius 3 is 2.61 bits per heavy atom. The molecule has 6 nitrogen and oxygen atoms in total. The molecule has 0 bridgehead atoms. The molecule has 1 saturated heterocycles. The van der Waals surface area contributed by atoms with E-state index in [1.807, 2.05) is 0 Å². The number of rotatable bonds is 6. The lowest BCUT2D eigenvalue weighted by Gasteiger charge is -2.26. The molecule has 0 aromatic heterocycles. The number of benzene rings is 2. The third-order valence-corrected chi connectivity index (χ3v) is 6.46. The molecule has 1 atom stereocenters. The van der Waals surface area contributed by atoms with Crippen LogP contribution in [0.3, 0.4) is 0 Å². The van der Waals surface area contributed by atoms with E-state index in [0.717, 1.165) is 0 Å². The van der Waals surface area contributed by atoms with Gasteiger partial charge in [-0.1, -0.05) is 24.3 Å². The van der Waals surface area contributed by atoms with Crippen molar-refractivity contribution in [3.63, 3.8) is 0 Å². The van der Waals surface area contributed by atoms with Gasteiger partial charge in [-0.3, -0.25) is 4.79 Å². The van der Waals surface area contributed by atoms with Gasteiger partial charge in [0.05, 0.1) is 18.1 Å². The van der Waals surface area contributed by atoms with Crippen molar-refractivity contribution in [1.29, 1.82) is 0 Å². The molecule has 8 heteroatoms. The molecule has 0 saturated carbocycles. The highest BCUT2D eigenvalue weighted by Crippen LogP contribution is 2.18. The van der Waals surface area contributed by atoms with E-state index >= 15 is 0 Å². The number of carbonyl (C=O) groups is 1. The molecule has 1 unspecified atom stereocenters. The van der Waals surface area contributed by atoms with Crippen LogP contribution in [-0.2, 0) is 21.2 Å². The van der Waals surface area contributed by atoms with Crippen molar-refractivity contribution in [2.24, 2.45) is 0 Å². The molecule has 1 N–H and O–H groups in total. The number of nitrogens with one attached hydrogen (secondary N) is 1. The Morgan fingerprint density at radius 2 is 1.89 bits per heavy atom. The van der Waals surface area contributed by atoms with E-state index in [-0.39, 0.29) is 22.3 Å². The predicted octanol–water partition coefficient (Wildman–Crippen LogP) is 2.21. The van der Waals surface area contributed by atoms with E-state index < -0.39 is 15.9 Å². The monoisotopic (exact) mass is 406 g/mol. The zero-order chi connectivity index (χ0) is 20.1. The molecular weight excluding hydrogens is 383 g/mol. The fourth-order valence-corrected chi connectivity index (χ4v) is 4.54. The number of carbonyl (C=O) groups excluding carboxylic acids is 1. The molecule has 3 rings (SSSR count). The molecular formula is C20H23FN2O4S. The zero-order valence-electron chi connectivity index (χ0n) is 15.6. The highest BCUT2D eigenvalue weighted by Gasteiger charge is 2.27. The Morgan fingerprint density at radius 1 is 1.18 bits per heavy atom. The fraction of sp³-hybridized carbons (Fsp3) is 0.350. The Kier molecular flexibility index (Phi) is 6.43. The number of morpholine rings is 1. The first-order valence-electron chi connectivity index (χ1n) is 9.10. The minimum Gasteiger partial charge on any atom is -0.379 e. The average molecular weight is 406 g/mol. The van der Waals surface area contributed by atoms with Crippen LogP contribution < -0.4 is 5.32 Å². The first kappa shape index (κ1) is 20.4. The second-order valence-corrected chi connectivity index (χ2v) is 8.65. The summed E-state index contributed by atoms with van der Waals surface area (Å²) in [6.45, 7) is 3.06. The van der Waals surface area contributed by atoms with Crippen LogP contribution in [0.4, 0.5) is 4.39 Å². The van der Waals surface area contributed by atoms with Crippen LogP contribution in [0, 0.1) is 5.82 Å². The summed E-state index contributed by atoms with van der Waals surface area (Å²) in [4.78, 5) is 12.6. The zero-order valence-corrected chi connectivity index (χ0v) is 16.4. The predicted molar refractivity (Wildman–Crippen MR) is 103 cm³/mol. The molecule has 0 aliphatic carbocycles. The summed E-state index contributed by atoms with van der Waals surface area (Å²) in [7, 11) is -3.68. The van der Waals surface area contributed by atoms with E-state index in [0.29, 0.717) is 38.3 Å². The van der Waals surface area contributed by atoms with Gasteiger partial charge in [-0.15, -0.1) is 0 Å². The van der Waals surface area contributed by atoms with Gasteiger partial charge in [0.1, 0.15) is 5.82 Å². The number of nitrogens with zero attached hydrogens (tertiary/aromatic N) is 1. The van der Waals surface area contributed by atoms with Gasteiger partial charge in [-0.2, -0.15) is 4.31 Å². The molecule has 1 fully saturated rings. The number of ether oxygens (including phenoxy) is 1. The first-order chi connectivity index (χ1) is 13.4. The van der Waals surface area contributed by atoms with E-state index in [1.54, 1.807) is 37.3 Å². The van der Waals surface area contributed by atoms with Gasteiger partial charge in [-0.25, -0.2) is 12.8 Å². The van der Waals surface area contributed by atoms with Gasteiger partial charge < -0.3 is 10.1 Å². The largest absolute Gasteiger partial charge is 0.379 e. The van der Waals surface area contributed by atoms with Crippen molar-refractivity contribution in [3.8, 4) is 0 Å². The van der Waals surface area contributed by atoms with Crippen LogP contribution >= 0.6 is 0 Å². The Labute approximate surface area is 164 Å².